The van der Waals surface area contributed by atoms with Crippen LogP contribution in [0.25, 0.3) is 17.1 Å². The standard InChI is InChI=1S/C24H26N6O2S/c1-16-22(17(2)30(28-16)19-8-6-5-7-9-19)25-21(31)14-15-33-24-27-26-23(29(24)3)18-10-12-20(32-4)13-11-18/h5-13H,14-15H2,1-4H3,(H,25,31). The lowest BCUT2D eigenvalue weighted by Gasteiger charge is -2.07. The quantitative estimate of drug-likeness (QED) is 0.390. The van der Waals surface area contributed by atoms with Crippen LogP contribution in [0.5, 0.6) is 5.75 Å². The van der Waals surface area contributed by atoms with Gasteiger partial charge in [0.2, 0.25) is 5.91 Å². The van der Waals surface area contributed by atoms with Crippen LogP contribution in [0.1, 0.15) is 17.8 Å². The molecule has 0 aliphatic carbocycles. The van der Waals surface area contributed by atoms with Gasteiger partial charge in [-0.05, 0) is 50.2 Å². The van der Waals surface area contributed by atoms with E-state index in [0.717, 1.165) is 45.1 Å². The van der Waals surface area contributed by atoms with E-state index in [4.69, 9.17) is 4.74 Å². The summed E-state index contributed by atoms with van der Waals surface area (Å²) in [6, 6.07) is 17.6. The lowest BCUT2D eigenvalue weighted by atomic mass is 10.2. The Morgan fingerprint density at radius 3 is 2.48 bits per heavy atom. The highest BCUT2D eigenvalue weighted by molar-refractivity contribution is 7.99. The van der Waals surface area contributed by atoms with Crippen molar-refractivity contribution in [3.8, 4) is 22.8 Å². The van der Waals surface area contributed by atoms with Gasteiger partial charge in [0.1, 0.15) is 5.75 Å². The normalized spacial score (nSPS) is 10.9. The summed E-state index contributed by atoms with van der Waals surface area (Å²) >= 11 is 1.50. The average molecular weight is 463 g/mol. The molecule has 4 rings (SSSR count). The van der Waals surface area contributed by atoms with Crippen molar-refractivity contribution in [1.82, 2.24) is 24.5 Å². The van der Waals surface area contributed by atoms with Crippen LogP contribution in [0, 0.1) is 13.8 Å². The number of anilines is 1. The van der Waals surface area contributed by atoms with Gasteiger partial charge in [-0.2, -0.15) is 5.10 Å². The van der Waals surface area contributed by atoms with Crippen molar-refractivity contribution in [1.29, 1.82) is 0 Å². The van der Waals surface area contributed by atoms with Gasteiger partial charge in [0.05, 0.1) is 29.9 Å². The van der Waals surface area contributed by atoms with E-state index < -0.39 is 0 Å². The number of para-hydroxylation sites is 1. The van der Waals surface area contributed by atoms with Gasteiger partial charge in [-0.15, -0.1) is 10.2 Å². The maximum atomic E-state index is 12.6. The monoisotopic (exact) mass is 462 g/mol. The van der Waals surface area contributed by atoms with E-state index in [0.29, 0.717) is 12.2 Å². The van der Waals surface area contributed by atoms with Crippen molar-refractivity contribution in [3.63, 3.8) is 0 Å². The number of carbonyl (C=O) groups is 1. The third-order valence-corrected chi connectivity index (χ3v) is 6.32. The summed E-state index contributed by atoms with van der Waals surface area (Å²) in [5.74, 6) is 2.09. The molecule has 1 amide bonds. The third kappa shape index (κ3) is 4.93. The summed E-state index contributed by atoms with van der Waals surface area (Å²) in [5.41, 5.74) is 4.36. The van der Waals surface area contributed by atoms with E-state index in [1.54, 1.807) is 7.11 Å². The fourth-order valence-electron chi connectivity index (χ4n) is 3.51. The highest BCUT2D eigenvalue weighted by Crippen LogP contribution is 2.26. The number of nitrogens with zero attached hydrogens (tertiary/aromatic N) is 5. The van der Waals surface area contributed by atoms with Crippen LogP contribution in [-0.4, -0.2) is 43.3 Å². The number of carbonyl (C=O) groups excluding carboxylic acids is 1. The largest absolute Gasteiger partial charge is 0.497 e. The van der Waals surface area contributed by atoms with E-state index in [9.17, 15) is 4.79 Å². The molecule has 0 fully saturated rings. The van der Waals surface area contributed by atoms with E-state index >= 15 is 0 Å². The van der Waals surface area contributed by atoms with Crippen LogP contribution in [0.3, 0.4) is 0 Å². The molecular weight excluding hydrogens is 436 g/mol. The first-order chi connectivity index (χ1) is 16.0. The number of hydrogen-bond donors (Lipinski definition) is 1. The van der Waals surface area contributed by atoms with Crippen LogP contribution < -0.4 is 10.1 Å². The van der Waals surface area contributed by atoms with E-state index in [1.807, 2.05) is 84.7 Å². The molecule has 0 saturated carbocycles. The van der Waals surface area contributed by atoms with Crippen molar-refractivity contribution in [3.05, 3.63) is 66.0 Å². The van der Waals surface area contributed by atoms with Crippen molar-refractivity contribution in [2.75, 3.05) is 18.2 Å². The minimum Gasteiger partial charge on any atom is -0.497 e. The molecule has 1 N–H and O–H groups in total. The van der Waals surface area contributed by atoms with E-state index in [-0.39, 0.29) is 5.91 Å². The Labute approximate surface area is 197 Å². The minimum absolute atomic E-state index is 0.0566. The van der Waals surface area contributed by atoms with Gasteiger partial charge in [-0.3, -0.25) is 4.79 Å². The number of aryl methyl sites for hydroxylation is 1. The molecular formula is C24H26N6O2S. The van der Waals surface area contributed by atoms with Gasteiger partial charge in [0.25, 0.3) is 0 Å². The van der Waals surface area contributed by atoms with Crippen LogP contribution in [-0.2, 0) is 11.8 Å². The second kappa shape index (κ2) is 9.91. The molecule has 0 aliphatic rings. The van der Waals surface area contributed by atoms with Crippen molar-refractivity contribution < 1.29 is 9.53 Å². The van der Waals surface area contributed by atoms with Crippen LogP contribution >= 0.6 is 11.8 Å². The number of hydrogen-bond acceptors (Lipinski definition) is 6. The fraction of sp³-hybridized carbons (Fsp3) is 0.250. The zero-order valence-corrected chi connectivity index (χ0v) is 19.9. The first kappa shape index (κ1) is 22.6. The Morgan fingerprint density at radius 1 is 1.06 bits per heavy atom. The van der Waals surface area contributed by atoms with Crippen molar-refractivity contribution in [2.45, 2.75) is 25.4 Å². The zero-order valence-electron chi connectivity index (χ0n) is 19.1. The van der Waals surface area contributed by atoms with Gasteiger partial charge >= 0.3 is 0 Å². The zero-order chi connectivity index (χ0) is 23.4. The van der Waals surface area contributed by atoms with Gasteiger partial charge in [0.15, 0.2) is 11.0 Å². The molecule has 8 nitrogen and oxygen atoms in total. The number of aromatic nitrogens is 5. The fourth-order valence-corrected chi connectivity index (χ4v) is 4.36. The molecule has 4 aromatic rings. The molecule has 2 aromatic carbocycles. The Kier molecular flexibility index (Phi) is 6.79. The third-order valence-electron chi connectivity index (χ3n) is 5.30. The first-order valence-corrected chi connectivity index (χ1v) is 11.5. The number of amides is 1. The van der Waals surface area contributed by atoms with Crippen molar-refractivity contribution in [2.24, 2.45) is 7.05 Å². The Hall–Kier alpha value is -3.59. The molecule has 0 saturated heterocycles. The molecule has 0 bridgehead atoms. The molecule has 2 heterocycles. The number of benzene rings is 2. The summed E-state index contributed by atoms with van der Waals surface area (Å²) in [5, 5.41) is 16.9. The lowest BCUT2D eigenvalue weighted by molar-refractivity contribution is -0.115. The van der Waals surface area contributed by atoms with Crippen LogP contribution in [0.2, 0.25) is 0 Å². The summed E-state index contributed by atoms with van der Waals surface area (Å²) in [6.07, 6.45) is 0.352. The van der Waals surface area contributed by atoms with Gasteiger partial charge in [0, 0.05) is 24.8 Å². The smallest absolute Gasteiger partial charge is 0.225 e. The highest BCUT2D eigenvalue weighted by atomic mass is 32.2. The van der Waals surface area contributed by atoms with Gasteiger partial charge < -0.3 is 14.6 Å². The van der Waals surface area contributed by atoms with Crippen LogP contribution in [0.4, 0.5) is 5.69 Å². The summed E-state index contributed by atoms with van der Waals surface area (Å²) < 4.78 is 8.99. The van der Waals surface area contributed by atoms with Gasteiger partial charge in [-0.1, -0.05) is 30.0 Å². The second-order valence-electron chi connectivity index (χ2n) is 7.53. The maximum absolute atomic E-state index is 12.6. The first-order valence-electron chi connectivity index (χ1n) is 10.6. The predicted octanol–water partition coefficient (Wildman–Crippen LogP) is 4.41. The Bertz CT molecular complexity index is 1250. The van der Waals surface area contributed by atoms with Crippen molar-refractivity contribution >= 4 is 23.4 Å². The van der Waals surface area contributed by atoms with E-state index in [2.05, 4.69) is 20.6 Å². The molecule has 0 aliphatic heterocycles. The summed E-state index contributed by atoms with van der Waals surface area (Å²) in [6.45, 7) is 3.86. The number of nitrogens with one attached hydrogen (secondary N) is 1. The summed E-state index contributed by atoms with van der Waals surface area (Å²) in [7, 11) is 3.56. The molecule has 2 aromatic heterocycles. The van der Waals surface area contributed by atoms with E-state index in [1.165, 1.54) is 11.8 Å². The molecule has 0 radical (unpaired) electrons. The average Bonchev–Trinajstić information content (AvgIpc) is 3.34. The summed E-state index contributed by atoms with van der Waals surface area (Å²) in [4.78, 5) is 12.6. The SMILES string of the molecule is COc1ccc(-c2nnc(SCCC(=O)Nc3c(C)nn(-c4ccccc4)c3C)n2C)cc1. The molecule has 170 valence electrons. The minimum atomic E-state index is -0.0566. The second-order valence-corrected chi connectivity index (χ2v) is 8.60. The molecule has 0 unspecified atom stereocenters. The number of rotatable bonds is 8. The predicted molar refractivity (Wildman–Crippen MR) is 130 cm³/mol. The molecule has 33 heavy (non-hydrogen) atoms. The molecule has 0 spiro atoms. The number of methoxy groups -OCH3 is 1. The van der Waals surface area contributed by atoms with Gasteiger partial charge in [-0.25, -0.2) is 4.68 Å². The highest BCUT2D eigenvalue weighted by Gasteiger charge is 2.16. The Morgan fingerprint density at radius 2 is 1.79 bits per heavy atom. The topological polar surface area (TPSA) is 86.9 Å². The number of thioether (sulfide) groups is 1. The molecule has 0 atom stereocenters. The maximum Gasteiger partial charge on any atom is 0.225 e. The lowest BCUT2D eigenvalue weighted by Crippen LogP contribution is -2.13. The number of ether oxygens (including phenoxy) is 1. The molecule has 9 heteroatoms. The van der Waals surface area contributed by atoms with Crippen LogP contribution in [0.15, 0.2) is 59.8 Å². The Balaban J connectivity index is 1.36.